The number of aromatic nitrogens is 2. The summed E-state index contributed by atoms with van der Waals surface area (Å²) in [6.45, 7) is 0. The van der Waals surface area contributed by atoms with Crippen LogP contribution in [0.5, 0.6) is 0 Å². The van der Waals surface area contributed by atoms with Crippen molar-refractivity contribution in [2.45, 2.75) is 34.2 Å². The van der Waals surface area contributed by atoms with Gasteiger partial charge in [0.1, 0.15) is 16.1 Å². The van der Waals surface area contributed by atoms with E-state index >= 15 is 0 Å². The Labute approximate surface area is 150 Å². The van der Waals surface area contributed by atoms with Gasteiger partial charge in [-0.2, -0.15) is 0 Å². The minimum Gasteiger partial charge on any atom is -0.392 e. The second kappa shape index (κ2) is 6.39. The van der Waals surface area contributed by atoms with Crippen molar-refractivity contribution < 1.29 is 5.11 Å². The van der Waals surface area contributed by atoms with E-state index in [0.717, 1.165) is 22.7 Å². The van der Waals surface area contributed by atoms with E-state index in [9.17, 15) is 5.11 Å². The molecule has 1 aliphatic carbocycles. The fraction of sp³-hybridized carbons (Fsp3) is 0.333. The third-order valence-corrected chi connectivity index (χ3v) is 5.80. The molecule has 1 aromatic carbocycles. The van der Waals surface area contributed by atoms with Gasteiger partial charge in [0.25, 0.3) is 0 Å². The average molecular weight is 360 g/mol. The Morgan fingerprint density at radius 2 is 2.00 bits per heavy atom. The lowest BCUT2D eigenvalue weighted by atomic mass is 10.1. The van der Waals surface area contributed by atoms with Crippen LogP contribution in [0, 0.1) is 0 Å². The fourth-order valence-electron chi connectivity index (χ4n) is 2.84. The van der Waals surface area contributed by atoms with Crippen LogP contribution in [0.2, 0.25) is 0 Å². The van der Waals surface area contributed by atoms with Gasteiger partial charge in [-0.15, -0.1) is 11.6 Å². The zero-order chi connectivity index (χ0) is 16.7. The van der Waals surface area contributed by atoms with Gasteiger partial charge in [-0.1, -0.05) is 48.2 Å². The highest BCUT2D eigenvalue weighted by molar-refractivity contribution is 8.00. The number of nitrogens with zero attached hydrogens (tertiary/aromatic N) is 3. The van der Waals surface area contributed by atoms with E-state index in [1.807, 2.05) is 30.1 Å². The van der Waals surface area contributed by atoms with Crippen LogP contribution in [0.15, 0.2) is 52.8 Å². The van der Waals surface area contributed by atoms with Crippen LogP contribution in [0.1, 0.15) is 17.9 Å². The maximum Gasteiger partial charge on any atom is 0.119 e. The summed E-state index contributed by atoms with van der Waals surface area (Å²) < 4.78 is 2.02. The van der Waals surface area contributed by atoms with Gasteiger partial charge in [-0.3, -0.25) is 4.99 Å². The maximum absolute atomic E-state index is 9.57. The van der Waals surface area contributed by atoms with Crippen LogP contribution in [0.3, 0.4) is 0 Å². The molecule has 4 rings (SSSR count). The lowest BCUT2D eigenvalue weighted by Gasteiger charge is -2.14. The molecule has 0 saturated heterocycles. The fourth-order valence-corrected chi connectivity index (χ4v) is 4.01. The summed E-state index contributed by atoms with van der Waals surface area (Å²) in [6, 6.07) is 8.36. The number of rotatable bonds is 4. The zero-order valence-electron chi connectivity index (χ0n) is 13.2. The van der Waals surface area contributed by atoms with Gasteiger partial charge in [0.15, 0.2) is 0 Å². The summed E-state index contributed by atoms with van der Waals surface area (Å²) >= 11 is 7.66. The molecule has 4 unspecified atom stereocenters. The van der Waals surface area contributed by atoms with Crippen LogP contribution in [-0.4, -0.2) is 37.7 Å². The molecular weight excluding hydrogens is 342 g/mol. The molecule has 4 nitrogen and oxygen atoms in total. The van der Waals surface area contributed by atoms with Gasteiger partial charge < -0.3 is 9.67 Å². The zero-order valence-corrected chi connectivity index (χ0v) is 14.8. The molecule has 1 aliphatic heterocycles. The summed E-state index contributed by atoms with van der Waals surface area (Å²) in [5.41, 5.74) is 3.24. The van der Waals surface area contributed by atoms with Gasteiger partial charge in [0.05, 0.1) is 17.8 Å². The molecule has 0 amide bonds. The smallest absolute Gasteiger partial charge is 0.119 e. The highest BCUT2D eigenvalue weighted by Gasteiger charge is 2.36. The number of aliphatic hydroxyl groups excluding tert-OH is 1. The normalized spacial score (nSPS) is 28.3. The van der Waals surface area contributed by atoms with Crippen LogP contribution in [0.25, 0.3) is 11.3 Å². The molecule has 4 atom stereocenters. The van der Waals surface area contributed by atoms with Crippen molar-refractivity contribution in [1.82, 2.24) is 9.55 Å². The van der Waals surface area contributed by atoms with Gasteiger partial charge in [-0.25, -0.2) is 4.98 Å². The number of aliphatic imine (C=N–C) groups is 1. The Morgan fingerprint density at radius 3 is 2.62 bits per heavy atom. The van der Waals surface area contributed by atoms with Crippen molar-refractivity contribution in [3.05, 3.63) is 48.3 Å². The van der Waals surface area contributed by atoms with Crippen LogP contribution < -0.4 is 0 Å². The van der Waals surface area contributed by atoms with E-state index in [1.54, 1.807) is 18.0 Å². The number of halogens is 1. The van der Waals surface area contributed by atoms with Crippen molar-refractivity contribution in [1.29, 1.82) is 0 Å². The second-order valence-electron chi connectivity index (χ2n) is 6.18. The van der Waals surface area contributed by atoms with Crippen molar-refractivity contribution in [2.24, 2.45) is 12.0 Å². The Hall–Kier alpha value is -1.56. The van der Waals surface area contributed by atoms with Crippen LogP contribution in [-0.2, 0) is 7.05 Å². The topological polar surface area (TPSA) is 50.4 Å². The van der Waals surface area contributed by atoms with Crippen LogP contribution in [0.4, 0.5) is 0 Å². The Kier molecular flexibility index (Phi) is 4.24. The summed E-state index contributed by atoms with van der Waals surface area (Å²) in [5.74, 6) is 0.307. The number of aryl methyl sites for hydroxylation is 1. The number of thioether (sulfide) groups is 1. The molecule has 24 heavy (non-hydrogen) atoms. The van der Waals surface area contributed by atoms with E-state index in [-0.39, 0.29) is 16.9 Å². The molecule has 1 saturated carbocycles. The predicted octanol–water partition coefficient (Wildman–Crippen LogP) is 3.60. The molecule has 1 N–H and O–H groups in total. The van der Waals surface area contributed by atoms with E-state index in [1.165, 1.54) is 5.56 Å². The molecule has 2 aromatic rings. The number of imidazole rings is 1. The molecule has 2 aliphatic rings. The molecule has 0 bridgehead atoms. The molecule has 2 heterocycles. The van der Waals surface area contributed by atoms with E-state index in [0.29, 0.717) is 5.92 Å². The number of benzene rings is 1. The molecule has 6 heteroatoms. The lowest BCUT2D eigenvalue weighted by molar-refractivity contribution is 0.272. The number of hydrogen-bond acceptors (Lipinski definition) is 4. The highest BCUT2D eigenvalue weighted by Crippen LogP contribution is 2.41. The average Bonchev–Trinajstić information content (AvgIpc) is 3.22. The van der Waals surface area contributed by atoms with E-state index in [2.05, 4.69) is 34.2 Å². The minimum atomic E-state index is -0.168. The number of aliphatic hydroxyl groups is 1. The number of dihydropyridines is 1. The number of allylic oxidation sites excluding steroid dienone is 1. The van der Waals surface area contributed by atoms with Crippen molar-refractivity contribution in [3.63, 3.8) is 0 Å². The first-order valence-electron chi connectivity index (χ1n) is 7.94. The summed E-state index contributed by atoms with van der Waals surface area (Å²) in [7, 11) is 1.99. The molecule has 0 spiro atoms. The number of alkyl halides is 1. The third kappa shape index (κ3) is 3.16. The van der Waals surface area contributed by atoms with Crippen molar-refractivity contribution in [2.75, 3.05) is 0 Å². The summed E-state index contributed by atoms with van der Waals surface area (Å²) in [4.78, 5) is 9.03. The molecule has 124 valence electrons. The lowest BCUT2D eigenvalue weighted by Crippen LogP contribution is -2.08. The predicted molar refractivity (Wildman–Crippen MR) is 98.9 cm³/mol. The van der Waals surface area contributed by atoms with Gasteiger partial charge >= 0.3 is 0 Å². The standard InChI is InChI=1S/C18H18ClN3OS/c1-22-10-21-17(18(22)24-16-7-6-13(19)9-20-16)12-4-2-11(3-5-12)14-8-15(14)23/h2-7,9-10,13-16,23H,8H2,1H3. The first-order valence-corrected chi connectivity index (χ1v) is 9.25. The van der Waals surface area contributed by atoms with Crippen molar-refractivity contribution in [3.8, 4) is 11.3 Å². The first-order chi connectivity index (χ1) is 11.6. The minimum absolute atomic E-state index is 0.0232. The second-order valence-corrected chi connectivity index (χ2v) is 7.79. The summed E-state index contributed by atoms with van der Waals surface area (Å²) in [6.07, 6.45) is 8.28. The van der Waals surface area contributed by atoms with Gasteiger partial charge in [-0.05, 0) is 12.0 Å². The Bertz CT molecular complexity index is 785. The quantitative estimate of drug-likeness (QED) is 0.670. The van der Waals surface area contributed by atoms with Gasteiger partial charge in [0.2, 0.25) is 0 Å². The van der Waals surface area contributed by atoms with Crippen LogP contribution >= 0.6 is 23.4 Å². The highest BCUT2D eigenvalue weighted by atomic mass is 35.5. The largest absolute Gasteiger partial charge is 0.392 e. The Morgan fingerprint density at radius 1 is 1.25 bits per heavy atom. The molecule has 1 fully saturated rings. The summed E-state index contributed by atoms with van der Waals surface area (Å²) in [5, 5.41) is 10.6. The molecule has 1 aromatic heterocycles. The van der Waals surface area contributed by atoms with E-state index in [4.69, 9.17) is 11.6 Å². The first kappa shape index (κ1) is 15.9. The van der Waals surface area contributed by atoms with Gasteiger partial charge in [0, 0.05) is 24.7 Å². The SMILES string of the molecule is Cn1cnc(-c2ccc(C3CC3O)cc2)c1SC1C=CC(Cl)C=N1. The maximum atomic E-state index is 9.57. The monoisotopic (exact) mass is 359 g/mol. The Balaban J connectivity index is 1.57. The van der Waals surface area contributed by atoms with Crippen molar-refractivity contribution >= 4 is 29.6 Å². The van der Waals surface area contributed by atoms with E-state index < -0.39 is 0 Å². The third-order valence-electron chi connectivity index (χ3n) is 4.32. The molecular formula is C18H18ClN3OS. The molecule has 0 radical (unpaired) electrons. The number of hydrogen-bond donors (Lipinski definition) is 1.